The van der Waals surface area contributed by atoms with Gasteiger partial charge in [-0.25, -0.2) is 0 Å². The van der Waals surface area contributed by atoms with Gasteiger partial charge >= 0.3 is 0 Å². The van der Waals surface area contributed by atoms with E-state index >= 15 is 0 Å². The number of anilines is 1. The van der Waals surface area contributed by atoms with Crippen molar-refractivity contribution in [2.45, 2.75) is 30.9 Å². The van der Waals surface area contributed by atoms with E-state index in [2.05, 4.69) is 47.0 Å². The van der Waals surface area contributed by atoms with Crippen LogP contribution in [-0.4, -0.2) is 26.2 Å². The van der Waals surface area contributed by atoms with E-state index in [4.69, 9.17) is 0 Å². The molecule has 1 aliphatic carbocycles. The van der Waals surface area contributed by atoms with Gasteiger partial charge in [-0.1, -0.05) is 22.9 Å². The molecule has 2 fully saturated rings. The molecule has 1 aromatic rings. The highest BCUT2D eigenvalue weighted by Gasteiger charge is 2.28. The standard InChI is InChI=1S/C15H22N2S2/c1-11(19-18)13-4-5-15(14(10-13)12-2-3-12)17-8-6-16-7-9-17/h4-5,10-12,16,18H,2-3,6-9H2,1H3. The number of benzene rings is 1. The van der Waals surface area contributed by atoms with Crippen LogP contribution in [0.5, 0.6) is 0 Å². The Morgan fingerprint density at radius 3 is 2.68 bits per heavy atom. The van der Waals surface area contributed by atoms with Crippen LogP contribution in [0.4, 0.5) is 5.69 Å². The molecule has 2 nitrogen and oxygen atoms in total. The third-order valence-corrected chi connectivity index (χ3v) is 5.69. The summed E-state index contributed by atoms with van der Waals surface area (Å²) in [7, 11) is 1.63. The first kappa shape index (κ1) is 13.7. The second-order valence-corrected chi connectivity index (χ2v) is 7.13. The summed E-state index contributed by atoms with van der Waals surface area (Å²) >= 11 is 4.35. The minimum Gasteiger partial charge on any atom is -0.369 e. The number of rotatable bonds is 4. The van der Waals surface area contributed by atoms with Gasteiger partial charge in [0.25, 0.3) is 0 Å². The van der Waals surface area contributed by atoms with Crippen LogP contribution < -0.4 is 10.2 Å². The first-order valence-corrected chi connectivity index (χ1v) is 9.12. The fraction of sp³-hybridized carbons (Fsp3) is 0.600. The molecule has 0 aromatic heterocycles. The number of hydrogen-bond donors (Lipinski definition) is 2. The van der Waals surface area contributed by atoms with E-state index in [1.54, 1.807) is 16.4 Å². The molecule has 0 radical (unpaired) electrons. The molecule has 1 heterocycles. The van der Waals surface area contributed by atoms with Crippen LogP contribution >= 0.6 is 22.5 Å². The van der Waals surface area contributed by atoms with E-state index in [9.17, 15) is 0 Å². The summed E-state index contributed by atoms with van der Waals surface area (Å²) in [5.41, 5.74) is 4.47. The van der Waals surface area contributed by atoms with Crippen LogP contribution in [0.25, 0.3) is 0 Å². The van der Waals surface area contributed by atoms with Crippen molar-refractivity contribution in [3.8, 4) is 0 Å². The highest BCUT2D eigenvalue weighted by molar-refractivity contribution is 8.68. The van der Waals surface area contributed by atoms with Gasteiger partial charge in [0.05, 0.1) is 0 Å². The smallest absolute Gasteiger partial charge is 0.0402 e. The van der Waals surface area contributed by atoms with Crippen molar-refractivity contribution in [3.63, 3.8) is 0 Å². The molecular formula is C15H22N2S2. The van der Waals surface area contributed by atoms with Crippen LogP contribution in [0, 0.1) is 0 Å². The SMILES string of the molecule is CC(SS)c1ccc(N2CCNCC2)c(C2CC2)c1. The van der Waals surface area contributed by atoms with Gasteiger partial charge in [-0.15, -0.1) is 11.7 Å². The predicted molar refractivity (Wildman–Crippen MR) is 88.5 cm³/mol. The lowest BCUT2D eigenvalue weighted by atomic mass is 10.0. The van der Waals surface area contributed by atoms with Crippen molar-refractivity contribution in [1.82, 2.24) is 5.32 Å². The van der Waals surface area contributed by atoms with Crippen molar-refractivity contribution in [3.05, 3.63) is 29.3 Å². The topological polar surface area (TPSA) is 15.3 Å². The quantitative estimate of drug-likeness (QED) is 0.652. The molecule has 1 saturated heterocycles. The number of hydrogen-bond acceptors (Lipinski definition) is 4. The Morgan fingerprint density at radius 2 is 2.05 bits per heavy atom. The summed E-state index contributed by atoms with van der Waals surface area (Å²) in [5, 5.41) is 3.90. The maximum Gasteiger partial charge on any atom is 0.0402 e. The van der Waals surface area contributed by atoms with E-state index < -0.39 is 0 Å². The third kappa shape index (κ3) is 3.06. The lowest BCUT2D eigenvalue weighted by Crippen LogP contribution is -2.43. The van der Waals surface area contributed by atoms with Gasteiger partial charge in [0.15, 0.2) is 0 Å². The molecule has 1 unspecified atom stereocenters. The molecule has 0 bridgehead atoms. The maximum atomic E-state index is 4.35. The molecule has 1 N–H and O–H groups in total. The first-order valence-electron chi connectivity index (χ1n) is 7.19. The monoisotopic (exact) mass is 294 g/mol. The Morgan fingerprint density at radius 1 is 1.32 bits per heavy atom. The van der Waals surface area contributed by atoms with Crippen LogP contribution in [-0.2, 0) is 0 Å². The van der Waals surface area contributed by atoms with Crippen LogP contribution in [0.15, 0.2) is 18.2 Å². The van der Waals surface area contributed by atoms with Gasteiger partial charge in [0, 0.05) is 37.1 Å². The van der Waals surface area contributed by atoms with E-state index in [0.29, 0.717) is 5.25 Å². The molecule has 4 heteroatoms. The zero-order chi connectivity index (χ0) is 13.2. The lowest BCUT2D eigenvalue weighted by Gasteiger charge is -2.31. The van der Waals surface area contributed by atoms with Crippen LogP contribution in [0.1, 0.15) is 42.1 Å². The number of nitrogens with zero attached hydrogens (tertiary/aromatic N) is 1. The highest BCUT2D eigenvalue weighted by atomic mass is 33.1. The Bertz CT molecular complexity index is 440. The molecule has 1 aromatic carbocycles. The second kappa shape index (κ2) is 5.98. The first-order chi connectivity index (χ1) is 9.29. The summed E-state index contributed by atoms with van der Waals surface area (Å²) < 4.78 is 0. The van der Waals surface area contributed by atoms with Gasteiger partial charge < -0.3 is 10.2 Å². The fourth-order valence-corrected chi connectivity index (χ4v) is 3.44. The van der Waals surface area contributed by atoms with Crippen LogP contribution in [0.3, 0.4) is 0 Å². The van der Waals surface area contributed by atoms with Gasteiger partial charge in [-0.05, 0) is 42.9 Å². The Kier molecular flexibility index (Phi) is 4.30. The van der Waals surface area contributed by atoms with E-state index in [1.807, 2.05) is 0 Å². The molecule has 19 heavy (non-hydrogen) atoms. The van der Waals surface area contributed by atoms with Gasteiger partial charge in [-0.2, -0.15) is 0 Å². The van der Waals surface area contributed by atoms with Crippen LogP contribution in [0.2, 0.25) is 0 Å². The van der Waals surface area contributed by atoms with Crippen molar-refractivity contribution in [2.75, 3.05) is 31.1 Å². The normalized spacial score (nSPS) is 21.5. The second-order valence-electron chi connectivity index (χ2n) is 5.58. The highest BCUT2D eigenvalue weighted by Crippen LogP contribution is 2.46. The summed E-state index contributed by atoms with van der Waals surface area (Å²) in [6.45, 7) is 6.71. The van der Waals surface area contributed by atoms with Crippen molar-refractivity contribution < 1.29 is 0 Å². The third-order valence-electron chi connectivity index (χ3n) is 4.15. The minimum absolute atomic E-state index is 0.470. The lowest BCUT2D eigenvalue weighted by molar-refractivity contribution is 0.587. The zero-order valence-electron chi connectivity index (χ0n) is 11.4. The van der Waals surface area contributed by atoms with Gasteiger partial charge in [0.1, 0.15) is 0 Å². The molecular weight excluding hydrogens is 272 g/mol. The van der Waals surface area contributed by atoms with E-state index in [1.165, 1.54) is 24.1 Å². The van der Waals surface area contributed by atoms with E-state index in [-0.39, 0.29) is 0 Å². The Balaban J connectivity index is 1.90. The summed E-state index contributed by atoms with van der Waals surface area (Å²) in [4.78, 5) is 2.55. The predicted octanol–water partition coefficient (Wildman–Crippen LogP) is 3.61. The average Bonchev–Trinajstić information content (AvgIpc) is 3.31. The molecule has 104 valence electrons. The molecule has 1 atom stereocenters. The van der Waals surface area contributed by atoms with Gasteiger partial charge in [0.2, 0.25) is 0 Å². The number of piperazine rings is 1. The molecule has 1 aliphatic heterocycles. The van der Waals surface area contributed by atoms with E-state index in [0.717, 1.165) is 32.1 Å². The van der Waals surface area contributed by atoms with Crippen molar-refractivity contribution in [1.29, 1.82) is 0 Å². The fourth-order valence-electron chi connectivity index (χ4n) is 2.80. The maximum absolute atomic E-state index is 4.35. The number of nitrogens with one attached hydrogen (secondary N) is 1. The van der Waals surface area contributed by atoms with Crippen molar-refractivity contribution >= 4 is 28.1 Å². The molecule has 2 aliphatic rings. The summed E-state index contributed by atoms with van der Waals surface area (Å²) in [6.07, 6.45) is 2.73. The minimum atomic E-state index is 0.470. The molecule has 0 amide bonds. The Hall–Kier alpha value is -0.320. The largest absolute Gasteiger partial charge is 0.369 e. The molecule has 0 spiro atoms. The summed E-state index contributed by atoms with van der Waals surface area (Å²) in [5.74, 6) is 0.807. The average molecular weight is 294 g/mol. The summed E-state index contributed by atoms with van der Waals surface area (Å²) in [6, 6.07) is 7.06. The zero-order valence-corrected chi connectivity index (χ0v) is 13.1. The van der Waals surface area contributed by atoms with Crippen molar-refractivity contribution in [2.24, 2.45) is 0 Å². The molecule has 3 rings (SSSR count). The van der Waals surface area contributed by atoms with Gasteiger partial charge in [-0.3, -0.25) is 0 Å². The number of thiol groups is 1. The Labute approximate surface area is 125 Å². The molecule has 1 saturated carbocycles.